The van der Waals surface area contributed by atoms with E-state index in [4.69, 9.17) is 5.26 Å². The van der Waals surface area contributed by atoms with E-state index in [-0.39, 0.29) is 11.7 Å². The Labute approximate surface area is 116 Å². The maximum Gasteiger partial charge on any atom is 0.295 e. The van der Waals surface area contributed by atoms with Crippen LogP contribution in [0.3, 0.4) is 0 Å². The maximum atomic E-state index is 13.1. The molecule has 2 rings (SSSR count). The minimum absolute atomic E-state index is 0.166. The molecular weight excluding hydrogens is 263 g/mol. The number of nitro benzene ring substituents is 1. The normalized spacial score (nSPS) is 17.6. The lowest BCUT2D eigenvalue weighted by atomic mass is 10.2. The summed E-state index contributed by atoms with van der Waals surface area (Å²) in [5.74, 6) is -0.614. The van der Waals surface area contributed by atoms with E-state index in [1.54, 1.807) is 0 Å². The van der Waals surface area contributed by atoms with Gasteiger partial charge in [-0.1, -0.05) is 0 Å². The number of hydrogen-bond acceptors (Lipinski definition) is 5. The fourth-order valence-corrected chi connectivity index (χ4v) is 2.34. The van der Waals surface area contributed by atoms with Crippen LogP contribution in [-0.2, 0) is 0 Å². The molecule has 0 aliphatic carbocycles. The first-order chi connectivity index (χ1) is 9.52. The highest BCUT2D eigenvalue weighted by molar-refractivity contribution is 5.63. The van der Waals surface area contributed by atoms with E-state index in [1.165, 1.54) is 12.1 Å². The number of nitro groups is 1. The van der Waals surface area contributed by atoms with E-state index in [2.05, 4.69) is 6.07 Å². The Kier molecular flexibility index (Phi) is 4.15. The molecule has 1 aromatic carbocycles. The largest absolute Gasteiger partial charge is 0.363 e. The van der Waals surface area contributed by atoms with Gasteiger partial charge in [0.15, 0.2) is 0 Å². The van der Waals surface area contributed by atoms with Crippen molar-refractivity contribution in [3.8, 4) is 6.07 Å². The van der Waals surface area contributed by atoms with E-state index >= 15 is 0 Å². The summed E-state index contributed by atoms with van der Waals surface area (Å²) >= 11 is 0. The summed E-state index contributed by atoms with van der Waals surface area (Å²) < 4.78 is 13.1. The second-order valence-corrected chi connectivity index (χ2v) is 4.72. The molecule has 0 N–H and O–H groups in total. The second-order valence-electron chi connectivity index (χ2n) is 4.72. The quantitative estimate of drug-likeness (QED) is 0.622. The highest BCUT2D eigenvalue weighted by Crippen LogP contribution is 2.29. The average molecular weight is 278 g/mol. The van der Waals surface area contributed by atoms with Crippen molar-refractivity contribution >= 4 is 11.4 Å². The van der Waals surface area contributed by atoms with Crippen molar-refractivity contribution in [3.05, 3.63) is 34.1 Å². The fourth-order valence-electron chi connectivity index (χ4n) is 2.34. The van der Waals surface area contributed by atoms with Crippen molar-refractivity contribution in [2.24, 2.45) is 0 Å². The Morgan fingerprint density at radius 2 is 2.05 bits per heavy atom. The van der Waals surface area contributed by atoms with Crippen molar-refractivity contribution < 1.29 is 9.31 Å². The molecule has 0 saturated carbocycles. The maximum absolute atomic E-state index is 13.1. The van der Waals surface area contributed by atoms with E-state index in [1.807, 2.05) is 16.7 Å². The van der Waals surface area contributed by atoms with E-state index in [0.717, 1.165) is 6.07 Å². The molecule has 106 valence electrons. The van der Waals surface area contributed by atoms with Gasteiger partial charge in [-0.05, 0) is 19.1 Å². The number of hydrogen-bond donors (Lipinski definition) is 0. The SMILES string of the molecule is CC(C#N)N1CCN(c2ccc(F)cc2[N+](=O)[O-])CC1. The Hall–Kier alpha value is -2.20. The Morgan fingerprint density at radius 3 is 2.60 bits per heavy atom. The van der Waals surface area contributed by atoms with Crippen molar-refractivity contribution in [1.82, 2.24) is 4.90 Å². The van der Waals surface area contributed by atoms with Crippen LogP contribution in [0.15, 0.2) is 18.2 Å². The number of halogens is 1. The van der Waals surface area contributed by atoms with Crippen LogP contribution in [0, 0.1) is 27.3 Å². The molecule has 20 heavy (non-hydrogen) atoms. The predicted octanol–water partition coefficient (Wildman–Crippen LogP) is 1.77. The number of nitriles is 1. The highest BCUT2D eigenvalue weighted by Gasteiger charge is 2.25. The number of benzene rings is 1. The van der Waals surface area contributed by atoms with Crippen LogP contribution < -0.4 is 4.90 Å². The van der Waals surface area contributed by atoms with Crippen LogP contribution in [0.1, 0.15) is 6.92 Å². The van der Waals surface area contributed by atoms with Crippen molar-refractivity contribution in [3.63, 3.8) is 0 Å². The zero-order valence-corrected chi connectivity index (χ0v) is 11.1. The summed E-state index contributed by atoms with van der Waals surface area (Å²) in [6.45, 7) is 4.31. The molecular formula is C13H15FN4O2. The number of piperazine rings is 1. The minimum Gasteiger partial charge on any atom is -0.363 e. The molecule has 6 nitrogen and oxygen atoms in total. The zero-order chi connectivity index (χ0) is 14.7. The van der Waals surface area contributed by atoms with Crippen LogP contribution in [0.5, 0.6) is 0 Å². The van der Waals surface area contributed by atoms with Crippen LogP contribution in [0.2, 0.25) is 0 Å². The third-order valence-corrected chi connectivity index (χ3v) is 3.52. The summed E-state index contributed by atoms with van der Waals surface area (Å²) in [5.41, 5.74) is 0.215. The van der Waals surface area contributed by atoms with Crippen LogP contribution >= 0.6 is 0 Å². The van der Waals surface area contributed by atoms with Gasteiger partial charge in [0.05, 0.1) is 23.1 Å². The molecule has 1 aromatic rings. The molecule has 1 fully saturated rings. The summed E-state index contributed by atoms with van der Waals surface area (Å²) in [5, 5.41) is 19.9. The van der Waals surface area contributed by atoms with Gasteiger partial charge in [0, 0.05) is 26.2 Å². The lowest BCUT2D eigenvalue weighted by Gasteiger charge is -2.36. The predicted molar refractivity (Wildman–Crippen MR) is 71.9 cm³/mol. The van der Waals surface area contributed by atoms with Gasteiger partial charge in [-0.25, -0.2) is 4.39 Å². The van der Waals surface area contributed by atoms with Gasteiger partial charge < -0.3 is 4.90 Å². The summed E-state index contributed by atoms with van der Waals surface area (Å²) in [6, 6.07) is 5.62. The smallest absolute Gasteiger partial charge is 0.295 e. The average Bonchev–Trinajstić information content (AvgIpc) is 2.46. The van der Waals surface area contributed by atoms with Crippen molar-refractivity contribution in [2.45, 2.75) is 13.0 Å². The highest BCUT2D eigenvalue weighted by atomic mass is 19.1. The first kappa shape index (κ1) is 14.2. The zero-order valence-electron chi connectivity index (χ0n) is 11.1. The Morgan fingerprint density at radius 1 is 1.40 bits per heavy atom. The summed E-state index contributed by atoms with van der Waals surface area (Å²) in [4.78, 5) is 14.3. The van der Waals surface area contributed by atoms with Crippen LogP contribution in [-0.4, -0.2) is 42.0 Å². The molecule has 1 aliphatic rings. The summed E-state index contributed by atoms with van der Waals surface area (Å²) in [6.07, 6.45) is 0. The molecule has 0 bridgehead atoms. The summed E-state index contributed by atoms with van der Waals surface area (Å²) in [7, 11) is 0. The first-order valence-corrected chi connectivity index (χ1v) is 6.35. The Balaban J connectivity index is 2.15. The second kappa shape index (κ2) is 5.84. The lowest BCUT2D eigenvalue weighted by molar-refractivity contribution is -0.384. The van der Waals surface area contributed by atoms with Gasteiger partial charge in [-0.15, -0.1) is 0 Å². The molecule has 1 heterocycles. The number of anilines is 1. The van der Waals surface area contributed by atoms with Crippen LogP contribution in [0.4, 0.5) is 15.8 Å². The van der Waals surface area contributed by atoms with E-state index < -0.39 is 10.7 Å². The van der Waals surface area contributed by atoms with Gasteiger partial charge >= 0.3 is 0 Å². The number of nitrogens with zero attached hydrogens (tertiary/aromatic N) is 4. The Bertz CT molecular complexity index is 550. The van der Waals surface area contributed by atoms with E-state index in [0.29, 0.717) is 31.9 Å². The molecule has 1 aliphatic heterocycles. The van der Waals surface area contributed by atoms with Crippen molar-refractivity contribution in [2.75, 3.05) is 31.1 Å². The number of rotatable bonds is 3. The third kappa shape index (κ3) is 2.86. The minimum atomic E-state index is -0.614. The molecule has 7 heteroatoms. The fraction of sp³-hybridized carbons (Fsp3) is 0.462. The van der Waals surface area contributed by atoms with Gasteiger partial charge in [0.1, 0.15) is 11.5 Å². The first-order valence-electron chi connectivity index (χ1n) is 6.35. The lowest BCUT2D eigenvalue weighted by Crippen LogP contribution is -2.49. The van der Waals surface area contributed by atoms with Crippen LogP contribution in [0.25, 0.3) is 0 Å². The molecule has 1 atom stereocenters. The molecule has 0 amide bonds. The molecule has 1 unspecified atom stereocenters. The monoisotopic (exact) mass is 278 g/mol. The molecule has 0 aromatic heterocycles. The van der Waals surface area contributed by atoms with Gasteiger partial charge in [0.2, 0.25) is 0 Å². The molecule has 0 radical (unpaired) electrons. The third-order valence-electron chi connectivity index (χ3n) is 3.52. The van der Waals surface area contributed by atoms with Crippen molar-refractivity contribution in [1.29, 1.82) is 5.26 Å². The standard InChI is InChI=1S/C13H15FN4O2/c1-10(9-15)16-4-6-17(7-5-16)12-3-2-11(14)8-13(12)18(19)20/h2-3,8,10H,4-7H2,1H3. The molecule has 1 saturated heterocycles. The van der Waals surface area contributed by atoms with Gasteiger partial charge in [-0.3, -0.25) is 15.0 Å². The van der Waals surface area contributed by atoms with Gasteiger partial charge in [0.25, 0.3) is 5.69 Å². The van der Waals surface area contributed by atoms with E-state index in [9.17, 15) is 14.5 Å². The topological polar surface area (TPSA) is 73.4 Å². The molecule has 0 spiro atoms. The van der Waals surface area contributed by atoms with Gasteiger partial charge in [-0.2, -0.15) is 5.26 Å².